The van der Waals surface area contributed by atoms with Crippen LogP contribution in [0.25, 0.3) is 0 Å². The number of hydrogen-bond donors (Lipinski definition) is 4. The van der Waals surface area contributed by atoms with Gasteiger partial charge in [-0.1, -0.05) is 121 Å². The average molecular weight is 437 g/mol. The highest BCUT2D eigenvalue weighted by Crippen LogP contribution is 2.47. The van der Waals surface area contributed by atoms with E-state index in [2.05, 4.69) is 13.8 Å². The largest absolute Gasteiger partial charge is 0.395 e. The van der Waals surface area contributed by atoms with Gasteiger partial charge in [-0.25, -0.2) is 0 Å². The maximum atomic E-state index is 12.0. The summed E-state index contributed by atoms with van der Waals surface area (Å²) in [6.45, 7) is 3.47. The van der Waals surface area contributed by atoms with E-state index < -0.39 is 30.3 Å². The quantitative estimate of drug-likeness (QED) is 0.209. The zero-order chi connectivity index (χ0) is 23.0. The summed E-state index contributed by atoms with van der Waals surface area (Å²) < 4.78 is 0. The summed E-state index contributed by atoms with van der Waals surface area (Å²) in [5.41, 5.74) is -2.21. The molecule has 1 aromatic carbocycles. The van der Waals surface area contributed by atoms with Crippen molar-refractivity contribution >= 4 is 0 Å². The Kier molecular flexibility index (Phi) is 14.3. The van der Waals surface area contributed by atoms with Crippen LogP contribution in [0, 0.1) is 5.41 Å². The van der Waals surface area contributed by atoms with E-state index in [1.165, 1.54) is 38.5 Å². The van der Waals surface area contributed by atoms with Crippen LogP contribution in [0.1, 0.15) is 109 Å². The molecule has 1 rings (SSSR count). The fraction of sp³-hybridized carbons (Fsp3) is 0.778. The third kappa shape index (κ3) is 8.16. The Bertz CT molecular complexity index is 543. The van der Waals surface area contributed by atoms with Crippen LogP contribution in [-0.4, -0.2) is 39.7 Å². The van der Waals surface area contributed by atoms with Gasteiger partial charge >= 0.3 is 0 Å². The fourth-order valence-corrected chi connectivity index (χ4v) is 4.75. The lowest BCUT2D eigenvalue weighted by molar-refractivity contribution is -0.196. The van der Waals surface area contributed by atoms with Crippen LogP contribution in [0.15, 0.2) is 30.3 Å². The van der Waals surface area contributed by atoms with Gasteiger partial charge in [0, 0.05) is 0 Å². The highest BCUT2D eigenvalue weighted by atomic mass is 16.3. The Morgan fingerprint density at radius 1 is 0.710 bits per heavy atom. The van der Waals surface area contributed by atoms with E-state index >= 15 is 0 Å². The molecule has 1 aromatic rings. The molecule has 0 aliphatic carbocycles. The van der Waals surface area contributed by atoms with Gasteiger partial charge < -0.3 is 20.4 Å². The molecule has 0 radical (unpaired) electrons. The number of hydrogen-bond acceptors (Lipinski definition) is 4. The first-order chi connectivity index (χ1) is 15.0. The van der Waals surface area contributed by atoms with Gasteiger partial charge in [0.2, 0.25) is 0 Å². The van der Waals surface area contributed by atoms with E-state index in [1.807, 2.05) is 30.3 Å². The van der Waals surface area contributed by atoms with Crippen molar-refractivity contribution in [2.24, 2.45) is 5.41 Å². The van der Waals surface area contributed by atoms with Crippen LogP contribution in [0.3, 0.4) is 0 Å². The maximum Gasteiger partial charge on any atom is 0.102 e. The monoisotopic (exact) mass is 436 g/mol. The second-order valence-corrected chi connectivity index (χ2v) is 9.29. The lowest BCUT2D eigenvalue weighted by atomic mass is 9.62. The molecular weight excluding hydrogens is 388 g/mol. The smallest absolute Gasteiger partial charge is 0.102 e. The predicted molar refractivity (Wildman–Crippen MR) is 129 cm³/mol. The number of unbranched alkanes of at least 4 members (excludes halogenated alkanes) is 10. The Labute approximate surface area is 190 Å². The summed E-state index contributed by atoms with van der Waals surface area (Å²) in [5, 5.41) is 43.9. The number of rotatable bonds is 19. The molecule has 0 saturated heterocycles. The molecule has 0 heterocycles. The highest BCUT2D eigenvalue weighted by Gasteiger charge is 2.54. The van der Waals surface area contributed by atoms with Gasteiger partial charge in [-0.2, -0.15) is 0 Å². The van der Waals surface area contributed by atoms with Gasteiger partial charge in [0.05, 0.1) is 24.7 Å². The normalized spacial score (nSPS) is 15.0. The van der Waals surface area contributed by atoms with Gasteiger partial charge in [-0.3, -0.25) is 0 Å². The summed E-state index contributed by atoms with van der Waals surface area (Å²) in [4.78, 5) is 0. The molecule has 4 N–H and O–H groups in total. The zero-order valence-corrected chi connectivity index (χ0v) is 20.1. The van der Waals surface area contributed by atoms with Crippen LogP contribution in [0.2, 0.25) is 0 Å². The Morgan fingerprint density at radius 3 is 1.71 bits per heavy atom. The average Bonchev–Trinajstić information content (AvgIpc) is 2.80. The molecule has 31 heavy (non-hydrogen) atoms. The van der Waals surface area contributed by atoms with Crippen molar-refractivity contribution in [3.8, 4) is 0 Å². The molecule has 0 fully saturated rings. The molecule has 180 valence electrons. The van der Waals surface area contributed by atoms with Crippen molar-refractivity contribution in [3.63, 3.8) is 0 Å². The van der Waals surface area contributed by atoms with Gasteiger partial charge in [0.1, 0.15) is 5.60 Å². The zero-order valence-electron chi connectivity index (χ0n) is 20.1. The molecule has 0 saturated carbocycles. The molecule has 4 heteroatoms. The van der Waals surface area contributed by atoms with E-state index in [9.17, 15) is 20.4 Å². The minimum Gasteiger partial charge on any atom is -0.395 e. The summed E-state index contributed by atoms with van der Waals surface area (Å²) in [6.07, 6.45) is 13.0. The summed E-state index contributed by atoms with van der Waals surface area (Å²) >= 11 is 0. The topological polar surface area (TPSA) is 80.9 Å². The first-order valence-electron chi connectivity index (χ1n) is 12.7. The predicted octanol–water partition coefficient (Wildman–Crippen LogP) is 5.71. The molecule has 0 aliphatic heterocycles. The minimum atomic E-state index is -1.48. The lowest BCUT2D eigenvalue weighted by Gasteiger charge is -2.48. The van der Waals surface area contributed by atoms with Crippen molar-refractivity contribution in [2.45, 2.75) is 115 Å². The Balaban J connectivity index is 2.95. The van der Waals surface area contributed by atoms with Crippen LogP contribution in [-0.2, 0) is 5.60 Å². The fourth-order valence-electron chi connectivity index (χ4n) is 4.75. The Morgan fingerprint density at radius 2 is 1.19 bits per heavy atom. The second-order valence-electron chi connectivity index (χ2n) is 9.29. The number of aliphatic hydroxyl groups excluding tert-OH is 3. The lowest BCUT2D eigenvalue weighted by Crippen LogP contribution is -2.58. The minimum absolute atomic E-state index is 0.415. The first-order valence-corrected chi connectivity index (χ1v) is 12.7. The highest BCUT2D eigenvalue weighted by molar-refractivity contribution is 5.27. The van der Waals surface area contributed by atoms with Gasteiger partial charge in [0.25, 0.3) is 0 Å². The SMILES string of the molecule is CCCCCCCCC(O)C(CO)(CO)C(O)(CCCCCCCC)c1ccccc1. The standard InChI is InChI=1S/C27H48O4/c1-3-5-7-9-11-16-20-25(30)26(22-28,23-29)27(31,24-18-14-13-15-19-24)21-17-12-10-8-6-4-2/h13-15,18-19,25,28-31H,3-12,16-17,20-23H2,1-2H3. The molecule has 0 amide bonds. The van der Waals surface area contributed by atoms with Crippen LogP contribution >= 0.6 is 0 Å². The van der Waals surface area contributed by atoms with E-state index in [1.54, 1.807) is 0 Å². The molecule has 2 atom stereocenters. The molecule has 0 aliphatic rings. The van der Waals surface area contributed by atoms with E-state index in [0.29, 0.717) is 18.4 Å². The van der Waals surface area contributed by atoms with Crippen molar-refractivity contribution in [1.82, 2.24) is 0 Å². The van der Waals surface area contributed by atoms with Crippen LogP contribution < -0.4 is 0 Å². The summed E-state index contributed by atoms with van der Waals surface area (Å²) in [5.74, 6) is 0. The Hall–Kier alpha value is -0.940. The first kappa shape index (κ1) is 28.1. The molecule has 0 spiro atoms. The van der Waals surface area contributed by atoms with Crippen molar-refractivity contribution in [2.75, 3.05) is 13.2 Å². The summed E-state index contributed by atoms with van der Waals surface area (Å²) in [6, 6.07) is 9.30. The van der Waals surface area contributed by atoms with E-state index in [4.69, 9.17) is 0 Å². The third-order valence-corrected chi connectivity index (χ3v) is 7.00. The van der Waals surface area contributed by atoms with E-state index in [-0.39, 0.29) is 0 Å². The molecule has 4 nitrogen and oxygen atoms in total. The van der Waals surface area contributed by atoms with E-state index in [0.717, 1.165) is 38.5 Å². The van der Waals surface area contributed by atoms with Crippen molar-refractivity contribution in [3.05, 3.63) is 35.9 Å². The van der Waals surface area contributed by atoms with Gasteiger partial charge in [0.15, 0.2) is 0 Å². The maximum absolute atomic E-state index is 12.0. The molecule has 0 bridgehead atoms. The van der Waals surface area contributed by atoms with Crippen LogP contribution in [0.5, 0.6) is 0 Å². The number of aliphatic hydroxyl groups is 4. The molecule has 0 aromatic heterocycles. The second kappa shape index (κ2) is 15.8. The molecular formula is C27H48O4. The third-order valence-electron chi connectivity index (χ3n) is 7.00. The van der Waals surface area contributed by atoms with Gasteiger partial charge in [-0.15, -0.1) is 0 Å². The number of benzene rings is 1. The molecule has 2 unspecified atom stereocenters. The van der Waals surface area contributed by atoms with Crippen LogP contribution in [0.4, 0.5) is 0 Å². The van der Waals surface area contributed by atoms with Crippen molar-refractivity contribution in [1.29, 1.82) is 0 Å². The summed E-state index contributed by atoms with van der Waals surface area (Å²) in [7, 11) is 0. The van der Waals surface area contributed by atoms with Gasteiger partial charge in [-0.05, 0) is 18.4 Å². The van der Waals surface area contributed by atoms with Crippen molar-refractivity contribution < 1.29 is 20.4 Å².